The second-order valence-corrected chi connectivity index (χ2v) is 7.04. The fourth-order valence-corrected chi connectivity index (χ4v) is 3.36. The molecule has 0 aliphatic carbocycles. The summed E-state index contributed by atoms with van der Waals surface area (Å²) >= 11 is 0. The molecule has 1 heterocycles. The highest BCUT2D eigenvalue weighted by atomic mass is 16.5. The quantitative estimate of drug-likeness (QED) is 0.496. The molecule has 5 N–H and O–H groups in total. The molecule has 1 saturated heterocycles. The minimum atomic E-state index is -1.46. The predicted molar refractivity (Wildman–Crippen MR) is 104 cm³/mol. The summed E-state index contributed by atoms with van der Waals surface area (Å²) in [4.78, 5) is 11.8. The van der Waals surface area contributed by atoms with Crippen LogP contribution in [0.5, 0.6) is 11.5 Å². The molecule has 29 heavy (non-hydrogen) atoms. The van der Waals surface area contributed by atoms with Crippen molar-refractivity contribution in [2.24, 2.45) is 0 Å². The van der Waals surface area contributed by atoms with E-state index in [1.807, 2.05) is 6.92 Å². The lowest BCUT2D eigenvalue weighted by molar-refractivity contribution is -0.231. The average Bonchev–Trinajstić information content (AvgIpc) is 2.71. The zero-order chi connectivity index (χ0) is 21.1. The molecule has 0 spiro atoms. The molecule has 1 amide bonds. The monoisotopic (exact) mass is 403 g/mol. The average molecular weight is 403 g/mol. The molecule has 2 aromatic carbocycles. The van der Waals surface area contributed by atoms with E-state index in [2.05, 4.69) is 5.32 Å². The van der Waals surface area contributed by atoms with Crippen molar-refractivity contribution in [1.29, 1.82) is 0 Å². The number of carbonyl (C=O) groups is 1. The lowest BCUT2D eigenvalue weighted by Crippen LogP contribution is -2.55. The third-order valence-electron chi connectivity index (χ3n) is 4.85. The van der Waals surface area contributed by atoms with Gasteiger partial charge in [-0.3, -0.25) is 4.79 Å². The van der Waals surface area contributed by atoms with Gasteiger partial charge in [-0.25, -0.2) is 0 Å². The van der Waals surface area contributed by atoms with Crippen LogP contribution in [0.25, 0.3) is 0 Å². The van der Waals surface area contributed by atoms with Crippen LogP contribution in [-0.2, 0) is 4.74 Å². The van der Waals surface area contributed by atoms with E-state index < -0.39 is 37.1 Å². The first kappa shape index (κ1) is 21.2. The minimum absolute atomic E-state index is 0.235. The molecule has 156 valence electrons. The van der Waals surface area contributed by atoms with Crippen molar-refractivity contribution in [3.8, 4) is 11.5 Å². The second kappa shape index (κ2) is 8.89. The number of aryl methyl sites for hydroxylation is 1. The Morgan fingerprint density at radius 2 is 1.83 bits per heavy atom. The topological polar surface area (TPSA) is 128 Å². The SMILES string of the molecule is CNC(=O)c1cccc(Oc2cc(C)cc([C@H]3O[C@H](CO)[C@@H](O)[C@H](O)[C@@H]3O)c2)c1. The third kappa shape index (κ3) is 4.58. The highest BCUT2D eigenvalue weighted by molar-refractivity contribution is 5.94. The Bertz CT molecular complexity index is 870. The summed E-state index contributed by atoms with van der Waals surface area (Å²) < 4.78 is 11.5. The first-order chi connectivity index (χ1) is 13.8. The maximum atomic E-state index is 11.8. The maximum Gasteiger partial charge on any atom is 0.251 e. The van der Waals surface area contributed by atoms with E-state index in [1.165, 1.54) is 0 Å². The van der Waals surface area contributed by atoms with Crippen molar-refractivity contribution in [1.82, 2.24) is 5.32 Å². The molecule has 1 aliphatic heterocycles. The molecular weight excluding hydrogens is 378 g/mol. The molecule has 0 radical (unpaired) electrons. The van der Waals surface area contributed by atoms with Gasteiger partial charge in [0.25, 0.3) is 5.91 Å². The summed E-state index contributed by atoms with van der Waals surface area (Å²) in [5.41, 5.74) is 1.79. The molecule has 8 heteroatoms. The van der Waals surface area contributed by atoms with Gasteiger partial charge in [-0.05, 0) is 48.4 Å². The van der Waals surface area contributed by atoms with Crippen LogP contribution in [0.2, 0.25) is 0 Å². The number of hydrogen-bond donors (Lipinski definition) is 5. The summed E-state index contributed by atoms with van der Waals surface area (Å²) in [6, 6.07) is 11.9. The Balaban J connectivity index is 1.88. The Labute approximate surface area is 168 Å². The molecular formula is C21H25NO7. The highest BCUT2D eigenvalue weighted by Gasteiger charge is 2.44. The number of amides is 1. The van der Waals surface area contributed by atoms with Crippen molar-refractivity contribution in [3.63, 3.8) is 0 Å². The molecule has 2 aromatic rings. The number of benzene rings is 2. The van der Waals surface area contributed by atoms with E-state index in [1.54, 1.807) is 49.5 Å². The normalized spacial score (nSPS) is 26.8. The lowest BCUT2D eigenvalue weighted by atomic mass is 9.90. The fraction of sp³-hybridized carbons (Fsp3) is 0.381. The minimum Gasteiger partial charge on any atom is -0.457 e. The Hall–Kier alpha value is -2.49. The fourth-order valence-electron chi connectivity index (χ4n) is 3.36. The van der Waals surface area contributed by atoms with Gasteiger partial charge >= 0.3 is 0 Å². The molecule has 1 fully saturated rings. The second-order valence-electron chi connectivity index (χ2n) is 7.04. The van der Waals surface area contributed by atoms with E-state index >= 15 is 0 Å². The summed E-state index contributed by atoms with van der Waals surface area (Å²) in [7, 11) is 1.54. The summed E-state index contributed by atoms with van der Waals surface area (Å²) in [6.45, 7) is 1.34. The summed E-state index contributed by atoms with van der Waals surface area (Å²) in [6.07, 6.45) is -6.20. The Morgan fingerprint density at radius 1 is 1.07 bits per heavy atom. The number of ether oxygens (including phenoxy) is 2. The summed E-state index contributed by atoms with van der Waals surface area (Å²) in [5.74, 6) is 0.671. The first-order valence-electron chi connectivity index (χ1n) is 9.26. The number of carbonyl (C=O) groups excluding carboxylic acids is 1. The van der Waals surface area contributed by atoms with Crippen molar-refractivity contribution in [2.75, 3.05) is 13.7 Å². The molecule has 0 saturated carbocycles. The molecule has 8 nitrogen and oxygen atoms in total. The molecule has 1 aliphatic rings. The number of aliphatic hydroxyl groups excluding tert-OH is 4. The van der Waals surface area contributed by atoms with Crippen LogP contribution in [-0.4, -0.2) is 64.4 Å². The smallest absolute Gasteiger partial charge is 0.251 e. The highest BCUT2D eigenvalue weighted by Crippen LogP contribution is 2.35. The Morgan fingerprint density at radius 3 is 2.52 bits per heavy atom. The van der Waals surface area contributed by atoms with Crippen LogP contribution in [0.3, 0.4) is 0 Å². The standard InChI is InChI=1S/C21H25NO7/c1-11-6-13(20-19(26)18(25)17(24)16(10-23)29-20)9-15(7-11)28-14-5-3-4-12(8-14)21(27)22-2/h3-9,16-20,23-26H,10H2,1-2H3,(H,22,27)/t16-,17-,18+,19+,20-/m1/s1. The van der Waals surface area contributed by atoms with Crippen LogP contribution in [0.1, 0.15) is 27.6 Å². The zero-order valence-corrected chi connectivity index (χ0v) is 16.1. The molecule has 3 rings (SSSR count). The lowest BCUT2D eigenvalue weighted by Gasteiger charge is -2.40. The van der Waals surface area contributed by atoms with Crippen LogP contribution >= 0.6 is 0 Å². The number of hydrogen-bond acceptors (Lipinski definition) is 7. The van der Waals surface area contributed by atoms with E-state index in [4.69, 9.17) is 9.47 Å². The number of aliphatic hydroxyl groups is 4. The molecule has 0 aromatic heterocycles. The number of rotatable bonds is 5. The van der Waals surface area contributed by atoms with Crippen LogP contribution in [0.15, 0.2) is 42.5 Å². The molecule has 0 bridgehead atoms. The van der Waals surface area contributed by atoms with Crippen molar-refractivity contribution >= 4 is 5.91 Å². The van der Waals surface area contributed by atoms with E-state index in [0.717, 1.165) is 5.56 Å². The van der Waals surface area contributed by atoms with Gasteiger partial charge in [-0.1, -0.05) is 12.1 Å². The van der Waals surface area contributed by atoms with Gasteiger partial charge in [0.2, 0.25) is 0 Å². The van der Waals surface area contributed by atoms with Crippen molar-refractivity contribution < 1.29 is 34.7 Å². The van der Waals surface area contributed by atoms with Gasteiger partial charge in [-0.15, -0.1) is 0 Å². The van der Waals surface area contributed by atoms with Gasteiger partial charge in [0.05, 0.1) is 6.61 Å². The van der Waals surface area contributed by atoms with E-state index in [0.29, 0.717) is 22.6 Å². The largest absolute Gasteiger partial charge is 0.457 e. The van der Waals surface area contributed by atoms with Gasteiger partial charge in [-0.2, -0.15) is 0 Å². The van der Waals surface area contributed by atoms with Crippen LogP contribution < -0.4 is 10.1 Å². The van der Waals surface area contributed by atoms with Crippen molar-refractivity contribution in [2.45, 2.75) is 37.4 Å². The number of nitrogens with one attached hydrogen (secondary N) is 1. The molecule has 0 unspecified atom stereocenters. The molecule has 5 atom stereocenters. The van der Waals surface area contributed by atoms with Gasteiger partial charge < -0.3 is 35.2 Å². The van der Waals surface area contributed by atoms with Gasteiger partial charge in [0.1, 0.15) is 42.0 Å². The Kier molecular flexibility index (Phi) is 6.51. The van der Waals surface area contributed by atoms with E-state index in [-0.39, 0.29) is 5.91 Å². The summed E-state index contributed by atoms with van der Waals surface area (Å²) in [5, 5.41) is 42.3. The zero-order valence-electron chi connectivity index (χ0n) is 16.1. The third-order valence-corrected chi connectivity index (χ3v) is 4.85. The predicted octanol–water partition coefficient (Wildman–Crippen LogP) is 0.662. The van der Waals surface area contributed by atoms with Gasteiger partial charge in [0.15, 0.2) is 0 Å². The van der Waals surface area contributed by atoms with Gasteiger partial charge in [0, 0.05) is 12.6 Å². The van der Waals surface area contributed by atoms with E-state index in [9.17, 15) is 25.2 Å². The van der Waals surface area contributed by atoms with Crippen molar-refractivity contribution in [3.05, 3.63) is 59.2 Å². The van der Waals surface area contributed by atoms with Crippen LogP contribution in [0, 0.1) is 6.92 Å². The first-order valence-corrected chi connectivity index (χ1v) is 9.26. The maximum absolute atomic E-state index is 11.8. The van der Waals surface area contributed by atoms with Crippen LogP contribution in [0.4, 0.5) is 0 Å².